The minimum absolute atomic E-state index is 0.0661. The number of halogens is 1. The van der Waals surface area contributed by atoms with Crippen molar-refractivity contribution in [2.75, 3.05) is 5.73 Å². The Balaban J connectivity index is 2.57. The van der Waals surface area contributed by atoms with Gasteiger partial charge in [-0.15, -0.1) is 0 Å². The number of nitrogen functional groups attached to an aromatic ring is 1. The van der Waals surface area contributed by atoms with Crippen molar-refractivity contribution in [3.63, 3.8) is 0 Å². The lowest BCUT2D eigenvalue weighted by Crippen LogP contribution is -2.12. The third-order valence-electron chi connectivity index (χ3n) is 1.66. The molecule has 2 aromatic heterocycles. The highest BCUT2D eigenvalue weighted by atomic mass is 35.5. The Labute approximate surface area is 83.5 Å². The molecular formula is C8H6ClN3O2. The van der Waals surface area contributed by atoms with E-state index < -0.39 is 0 Å². The fourth-order valence-electron chi connectivity index (χ4n) is 1.04. The van der Waals surface area contributed by atoms with Crippen LogP contribution in [0.1, 0.15) is 0 Å². The monoisotopic (exact) mass is 211 g/mol. The second-order valence-corrected chi connectivity index (χ2v) is 2.99. The molecule has 0 saturated carbocycles. The Morgan fingerprint density at radius 1 is 1.50 bits per heavy atom. The van der Waals surface area contributed by atoms with Crippen LogP contribution < -0.4 is 11.3 Å². The van der Waals surface area contributed by atoms with E-state index in [1.807, 2.05) is 0 Å². The Bertz CT molecular complexity index is 517. The average molecular weight is 212 g/mol. The van der Waals surface area contributed by atoms with Gasteiger partial charge in [-0.3, -0.25) is 9.78 Å². The number of hydrogen-bond acceptors (Lipinski definition) is 4. The molecule has 0 fully saturated rings. The molecule has 2 aromatic rings. The number of aromatic nitrogens is 2. The van der Waals surface area contributed by atoms with E-state index >= 15 is 0 Å². The Morgan fingerprint density at radius 3 is 2.86 bits per heavy atom. The van der Waals surface area contributed by atoms with Crippen molar-refractivity contribution in [3.05, 3.63) is 33.9 Å². The summed E-state index contributed by atoms with van der Waals surface area (Å²) in [4.78, 5) is 17.5. The van der Waals surface area contributed by atoms with Crippen molar-refractivity contribution in [2.24, 2.45) is 0 Å². The zero-order valence-corrected chi connectivity index (χ0v) is 7.71. The highest BCUT2D eigenvalue weighted by Crippen LogP contribution is 2.21. The number of furan rings is 1. The summed E-state index contributed by atoms with van der Waals surface area (Å²) in [6.07, 6.45) is 1.34. The Morgan fingerprint density at radius 2 is 2.29 bits per heavy atom. The van der Waals surface area contributed by atoms with E-state index in [4.69, 9.17) is 21.8 Å². The van der Waals surface area contributed by atoms with E-state index in [-0.39, 0.29) is 16.7 Å². The van der Waals surface area contributed by atoms with Crippen molar-refractivity contribution in [1.82, 2.24) is 9.97 Å². The number of anilines is 1. The van der Waals surface area contributed by atoms with Gasteiger partial charge in [-0.1, -0.05) is 0 Å². The second-order valence-electron chi connectivity index (χ2n) is 2.61. The fraction of sp³-hybridized carbons (Fsp3) is 0. The summed E-state index contributed by atoms with van der Waals surface area (Å²) in [7, 11) is 0. The summed E-state index contributed by atoms with van der Waals surface area (Å²) in [5, 5.41) is 0.219. The first kappa shape index (κ1) is 8.83. The Hall–Kier alpha value is -1.75. The molecule has 0 aliphatic rings. The predicted molar refractivity (Wildman–Crippen MR) is 52.0 cm³/mol. The van der Waals surface area contributed by atoms with Crippen LogP contribution in [0.2, 0.25) is 5.22 Å². The second kappa shape index (κ2) is 3.19. The van der Waals surface area contributed by atoms with Gasteiger partial charge in [0, 0.05) is 6.20 Å². The smallest absolute Gasteiger partial charge is 0.263 e. The molecule has 0 aliphatic heterocycles. The summed E-state index contributed by atoms with van der Waals surface area (Å²) < 4.78 is 5.05. The maximum Gasteiger partial charge on any atom is 0.263 e. The molecule has 5 nitrogen and oxygen atoms in total. The lowest BCUT2D eigenvalue weighted by molar-refractivity contribution is 0.583. The van der Waals surface area contributed by atoms with Gasteiger partial charge in [0.25, 0.3) is 5.56 Å². The van der Waals surface area contributed by atoms with Crippen molar-refractivity contribution in [3.8, 4) is 11.3 Å². The van der Waals surface area contributed by atoms with Crippen molar-refractivity contribution in [2.45, 2.75) is 0 Å². The summed E-state index contributed by atoms with van der Waals surface area (Å²) in [6, 6.07) is 3.14. The van der Waals surface area contributed by atoms with E-state index in [9.17, 15) is 4.79 Å². The molecule has 2 heterocycles. The zero-order chi connectivity index (χ0) is 10.1. The number of nitrogens with two attached hydrogens (primary N) is 1. The molecule has 2 rings (SSSR count). The van der Waals surface area contributed by atoms with Crippen molar-refractivity contribution >= 4 is 17.5 Å². The maximum atomic E-state index is 11.4. The van der Waals surface area contributed by atoms with Crippen LogP contribution in [0.3, 0.4) is 0 Å². The molecule has 0 amide bonds. The summed E-state index contributed by atoms with van der Waals surface area (Å²) in [5.74, 6) is 0.431. The highest BCUT2D eigenvalue weighted by Gasteiger charge is 2.08. The molecule has 0 saturated heterocycles. The molecule has 72 valence electrons. The van der Waals surface area contributed by atoms with Crippen LogP contribution in [-0.2, 0) is 0 Å². The minimum atomic E-state index is -0.358. The topological polar surface area (TPSA) is 84.9 Å². The molecule has 0 unspecified atom stereocenters. The summed E-state index contributed by atoms with van der Waals surface area (Å²) >= 11 is 5.57. The van der Waals surface area contributed by atoms with Gasteiger partial charge >= 0.3 is 0 Å². The van der Waals surface area contributed by atoms with E-state index in [0.29, 0.717) is 11.3 Å². The first-order chi connectivity index (χ1) is 6.66. The van der Waals surface area contributed by atoms with Gasteiger partial charge in [0.05, 0.1) is 0 Å². The van der Waals surface area contributed by atoms with Crippen LogP contribution in [0.15, 0.2) is 27.5 Å². The lowest BCUT2D eigenvalue weighted by atomic mass is 10.2. The van der Waals surface area contributed by atoms with Gasteiger partial charge in [0.1, 0.15) is 11.3 Å². The van der Waals surface area contributed by atoms with E-state index in [2.05, 4.69) is 9.97 Å². The van der Waals surface area contributed by atoms with Crippen molar-refractivity contribution in [1.29, 1.82) is 0 Å². The van der Waals surface area contributed by atoms with Crippen LogP contribution in [0.4, 0.5) is 5.95 Å². The van der Waals surface area contributed by atoms with Gasteiger partial charge < -0.3 is 10.2 Å². The molecule has 0 aromatic carbocycles. The molecule has 0 bridgehead atoms. The number of rotatable bonds is 1. The van der Waals surface area contributed by atoms with Crippen molar-refractivity contribution < 1.29 is 4.42 Å². The normalized spacial score (nSPS) is 10.4. The molecular weight excluding hydrogens is 206 g/mol. The quantitative estimate of drug-likeness (QED) is 0.744. The van der Waals surface area contributed by atoms with Crippen LogP contribution in [0.25, 0.3) is 11.3 Å². The largest absolute Gasteiger partial charge is 0.444 e. The molecule has 6 heteroatoms. The fourth-order valence-corrected chi connectivity index (χ4v) is 1.19. The lowest BCUT2D eigenvalue weighted by Gasteiger charge is -1.95. The van der Waals surface area contributed by atoms with Gasteiger partial charge in [0.15, 0.2) is 11.2 Å². The van der Waals surface area contributed by atoms with Crippen LogP contribution in [0.5, 0.6) is 0 Å². The number of nitrogens with zero attached hydrogens (tertiary/aromatic N) is 1. The summed E-state index contributed by atoms with van der Waals surface area (Å²) in [6.45, 7) is 0. The molecule has 0 aliphatic carbocycles. The number of H-pyrrole nitrogens is 1. The SMILES string of the molecule is Nc1ncc(-c2ccc(Cl)o2)c(=O)[nH]1. The standard InChI is InChI=1S/C8H6ClN3O2/c9-6-2-1-5(14-6)4-3-11-8(10)12-7(4)13/h1-3H,(H3,10,11,12,13). The molecule has 0 atom stereocenters. The third-order valence-corrected chi connectivity index (χ3v) is 1.86. The minimum Gasteiger partial charge on any atom is -0.444 e. The first-order valence-corrected chi connectivity index (χ1v) is 4.15. The van der Waals surface area contributed by atoms with Gasteiger partial charge in [-0.2, -0.15) is 0 Å². The average Bonchev–Trinajstić information content (AvgIpc) is 2.51. The van der Waals surface area contributed by atoms with Gasteiger partial charge in [-0.25, -0.2) is 4.98 Å². The van der Waals surface area contributed by atoms with Crippen LogP contribution >= 0.6 is 11.6 Å². The van der Waals surface area contributed by atoms with E-state index in [0.717, 1.165) is 0 Å². The molecule has 14 heavy (non-hydrogen) atoms. The van der Waals surface area contributed by atoms with E-state index in [1.54, 1.807) is 12.1 Å². The molecule has 0 radical (unpaired) electrons. The molecule has 0 spiro atoms. The zero-order valence-electron chi connectivity index (χ0n) is 6.95. The van der Waals surface area contributed by atoms with E-state index in [1.165, 1.54) is 6.20 Å². The third kappa shape index (κ3) is 1.49. The van der Waals surface area contributed by atoms with Crippen LogP contribution in [0, 0.1) is 0 Å². The molecule has 3 N–H and O–H groups in total. The predicted octanol–water partition coefficient (Wildman–Crippen LogP) is 1.27. The maximum absolute atomic E-state index is 11.4. The highest BCUT2D eigenvalue weighted by molar-refractivity contribution is 6.28. The van der Waals surface area contributed by atoms with Gasteiger partial charge in [-0.05, 0) is 23.7 Å². The van der Waals surface area contributed by atoms with Crippen LogP contribution in [-0.4, -0.2) is 9.97 Å². The van der Waals surface area contributed by atoms with Gasteiger partial charge in [0.2, 0.25) is 0 Å². The Kier molecular flexibility index (Phi) is 2.01. The number of aromatic amines is 1. The number of nitrogens with one attached hydrogen (secondary N) is 1. The first-order valence-electron chi connectivity index (χ1n) is 3.77. The summed E-state index contributed by atoms with van der Waals surface area (Å²) in [5.41, 5.74) is 5.23. The number of hydrogen-bond donors (Lipinski definition) is 2.